The van der Waals surface area contributed by atoms with E-state index in [1.807, 2.05) is 12.1 Å². The van der Waals surface area contributed by atoms with Gasteiger partial charge in [0.2, 0.25) is 5.91 Å². The Morgan fingerprint density at radius 1 is 1.36 bits per heavy atom. The fourth-order valence-corrected chi connectivity index (χ4v) is 3.45. The van der Waals surface area contributed by atoms with Crippen molar-refractivity contribution in [2.45, 2.75) is 26.3 Å². The van der Waals surface area contributed by atoms with E-state index in [0.29, 0.717) is 17.5 Å². The van der Waals surface area contributed by atoms with Gasteiger partial charge in [0, 0.05) is 37.2 Å². The predicted molar refractivity (Wildman–Crippen MR) is 109 cm³/mol. The van der Waals surface area contributed by atoms with Crippen molar-refractivity contribution in [3.8, 4) is 0 Å². The van der Waals surface area contributed by atoms with Gasteiger partial charge in [-0.05, 0) is 37.5 Å². The van der Waals surface area contributed by atoms with Crippen LogP contribution < -0.4 is 11.1 Å². The first kappa shape index (κ1) is 20.0. The number of nitrogens with two attached hydrogens (primary N) is 1. The Morgan fingerprint density at radius 3 is 2.72 bits per heavy atom. The number of carbonyl (C=O) groups excluding carboxylic acids is 1. The van der Waals surface area contributed by atoms with Crippen molar-refractivity contribution in [1.29, 1.82) is 0 Å². The van der Waals surface area contributed by atoms with Gasteiger partial charge in [0.15, 0.2) is 5.96 Å². The van der Waals surface area contributed by atoms with E-state index >= 15 is 0 Å². The molecular weight excluding hydrogens is 431 g/mol. The Kier molecular flexibility index (Phi) is 7.06. The van der Waals surface area contributed by atoms with Gasteiger partial charge in [-0.3, -0.25) is 4.79 Å². The van der Waals surface area contributed by atoms with Gasteiger partial charge in [-0.15, -0.1) is 24.0 Å². The van der Waals surface area contributed by atoms with E-state index < -0.39 is 5.91 Å². The van der Waals surface area contributed by atoms with Crippen molar-refractivity contribution in [3.63, 3.8) is 0 Å². The second kappa shape index (κ2) is 8.84. The molecule has 7 heteroatoms. The third-order valence-electron chi connectivity index (χ3n) is 4.91. The van der Waals surface area contributed by atoms with Gasteiger partial charge in [0.05, 0.1) is 13.2 Å². The number of halogens is 1. The van der Waals surface area contributed by atoms with Crippen LogP contribution in [0.5, 0.6) is 0 Å². The Morgan fingerprint density at radius 2 is 2.12 bits per heavy atom. The van der Waals surface area contributed by atoms with Crippen LogP contribution in [0.4, 0.5) is 0 Å². The third-order valence-corrected chi connectivity index (χ3v) is 4.91. The molecule has 2 saturated heterocycles. The summed E-state index contributed by atoms with van der Waals surface area (Å²) in [5.41, 5.74) is 7.18. The van der Waals surface area contributed by atoms with E-state index in [-0.39, 0.29) is 24.0 Å². The number of nitrogens with one attached hydrogen (secondary N) is 1. The molecular formula is C18H27IN4O2. The quantitative estimate of drug-likeness (QED) is 0.411. The van der Waals surface area contributed by atoms with Crippen LogP contribution in [-0.4, -0.2) is 49.6 Å². The van der Waals surface area contributed by atoms with E-state index in [1.165, 1.54) is 6.42 Å². The van der Waals surface area contributed by atoms with Crippen LogP contribution in [0, 0.1) is 5.41 Å². The summed E-state index contributed by atoms with van der Waals surface area (Å²) < 4.78 is 5.61. The molecule has 1 aromatic carbocycles. The number of rotatable bonds is 4. The lowest BCUT2D eigenvalue weighted by Gasteiger charge is -2.25. The SMILES string of the molecule is CCNC(=NCc1ccc(C(N)=O)cc1)N1CCC2(CCOC2)C1.I. The normalized spacial score (nSPS) is 22.9. The lowest BCUT2D eigenvalue weighted by atomic mass is 9.87. The van der Waals surface area contributed by atoms with Crippen LogP contribution in [0.2, 0.25) is 0 Å². The van der Waals surface area contributed by atoms with Gasteiger partial charge in [0.25, 0.3) is 0 Å². The first-order valence-electron chi connectivity index (χ1n) is 8.62. The lowest BCUT2D eigenvalue weighted by molar-refractivity contribution is 0.100. The van der Waals surface area contributed by atoms with E-state index in [4.69, 9.17) is 15.5 Å². The smallest absolute Gasteiger partial charge is 0.248 e. The maximum absolute atomic E-state index is 11.1. The van der Waals surface area contributed by atoms with Crippen LogP contribution >= 0.6 is 24.0 Å². The minimum atomic E-state index is -0.403. The molecule has 3 N–H and O–H groups in total. The largest absolute Gasteiger partial charge is 0.381 e. The Balaban J connectivity index is 0.00000225. The monoisotopic (exact) mass is 458 g/mol. The zero-order valence-corrected chi connectivity index (χ0v) is 17.0. The number of benzene rings is 1. The summed E-state index contributed by atoms with van der Waals surface area (Å²) in [5.74, 6) is 0.555. The van der Waals surface area contributed by atoms with E-state index in [0.717, 1.165) is 50.8 Å². The number of amides is 1. The molecule has 0 aromatic heterocycles. The summed E-state index contributed by atoms with van der Waals surface area (Å²) in [4.78, 5) is 18.2. The highest BCUT2D eigenvalue weighted by Crippen LogP contribution is 2.38. The van der Waals surface area contributed by atoms with Gasteiger partial charge < -0.3 is 20.7 Å². The van der Waals surface area contributed by atoms with Crippen LogP contribution in [-0.2, 0) is 11.3 Å². The molecule has 2 heterocycles. The van der Waals surface area contributed by atoms with Crippen molar-refractivity contribution in [2.24, 2.45) is 16.1 Å². The summed E-state index contributed by atoms with van der Waals surface area (Å²) >= 11 is 0. The topological polar surface area (TPSA) is 79.9 Å². The van der Waals surface area contributed by atoms with E-state index in [9.17, 15) is 4.79 Å². The Labute approximate surface area is 166 Å². The van der Waals surface area contributed by atoms with Crippen molar-refractivity contribution in [2.75, 3.05) is 32.8 Å². The average molecular weight is 458 g/mol. The standard InChI is InChI=1S/C18H26N4O2.HI/c1-2-20-17(22-9-7-18(12-22)8-10-24-13-18)21-11-14-3-5-15(6-4-14)16(19)23;/h3-6H,2,7-13H2,1H3,(H2,19,23)(H,20,21);1H. The number of ether oxygens (including phenoxy) is 1. The molecule has 2 aliphatic heterocycles. The number of hydrogen-bond acceptors (Lipinski definition) is 3. The lowest BCUT2D eigenvalue weighted by Crippen LogP contribution is -2.41. The van der Waals surface area contributed by atoms with E-state index in [2.05, 4.69) is 17.1 Å². The second-order valence-electron chi connectivity index (χ2n) is 6.71. The van der Waals surface area contributed by atoms with Crippen molar-refractivity contribution < 1.29 is 9.53 Å². The Bertz CT molecular complexity index is 612. The van der Waals surface area contributed by atoms with Gasteiger partial charge >= 0.3 is 0 Å². The fourth-order valence-electron chi connectivity index (χ4n) is 3.45. The van der Waals surface area contributed by atoms with Crippen LogP contribution in [0.1, 0.15) is 35.7 Å². The maximum atomic E-state index is 11.1. The molecule has 1 spiro atoms. The molecule has 0 aliphatic carbocycles. The highest BCUT2D eigenvalue weighted by Gasteiger charge is 2.42. The number of guanidine groups is 1. The molecule has 138 valence electrons. The number of hydrogen-bond donors (Lipinski definition) is 2. The van der Waals surface area contributed by atoms with E-state index in [1.54, 1.807) is 12.1 Å². The van der Waals surface area contributed by atoms with Crippen LogP contribution in [0.3, 0.4) is 0 Å². The molecule has 1 aromatic rings. The van der Waals surface area contributed by atoms with Crippen molar-refractivity contribution >= 4 is 35.8 Å². The maximum Gasteiger partial charge on any atom is 0.248 e. The third kappa shape index (κ3) is 4.84. The minimum absolute atomic E-state index is 0. The van der Waals surface area contributed by atoms with Gasteiger partial charge in [-0.25, -0.2) is 4.99 Å². The highest BCUT2D eigenvalue weighted by atomic mass is 127. The molecule has 2 fully saturated rings. The molecule has 6 nitrogen and oxygen atoms in total. The first-order valence-corrected chi connectivity index (χ1v) is 8.62. The zero-order valence-electron chi connectivity index (χ0n) is 14.7. The molecule has 1 unspecified atom stereocenters. The number of aliphatic imine (C=N–C) groups is 1. The number of likely N-dealkylation sites (tertiary alicyclic amines) is 1. The van der Waals surface area contributed by atoms with Crippen molar-refractivity contribution in [1.82, 2.24) is 10.2 Å². The Hall–Kier alpha value is -1.35. The zero-order chi connectivity index (χ0) is 17.0. The molecule has 0 saturated carbocycles. The molecule has 0 radical (unpaired) electrons. The summed E-state index contributed by atoms with van der Waals surface area (Å²) in [5, 5.41) is 3.39. The van der Waals surface area contributed by atoms with Gasteiger partial charge in [-0.2, -0.15) is 0 Å². The molecule has 1 amide bonds. The number of carbonyl (C=O) groups is 1. The molecule has 0 bridgehead atoms. The second-order valence-corrected chi connectivity index (χ2v) is 6.71. The molecule has 3 rings (SSSR count). The van der Waals surface area contributed by atoms with Gasteiger partial charge in [-0.1, -0.05) is 12.1 Å². The summed E-state index contributed by atoms with van der Waals surface area (Å²) in [6, 6.07) is 7.31. The number of nitrogens with zero attached hydrogens (tertiary/aromatic N) is 2. The highest BCUT2D eigenvalue weighted by molar-refractivity contribution is 14.0. The minimum Gasteiger partial charge on any atom is -0.381 e. The van der Waals surface area contributed by atoms with Gasteiger partial charge in [0.1, 0.15) is 0 Å². The van der Waals surface area contributed by atoms with Crippen molar-refractivity contribution in [3.05, 3.63) is 35.4 Å². The fraction of sp³-hybridized carbons (Fsp3) is 0.556. The predicted octanol–water partition coefficient (Wildman–Crippen LogP) is 1.98. The summed E-state index contributed by atoms with van der Waals surface area (Å²) in [6.07, 6.45) is 2.32. The first-order chi connectivity index (χ1) is 11.6. The molecule has 25 heavy (non-hydrogen) atoms. The number of primary amides is 1. The van der Waals surface area contributed by atoms with Crippen LogP contribution in [0.15, 0.2) is 29.3 Å². The molecule has 1 atom stereocenters. The summed E-state index contributed by atoms with van der Waals surface area (Å²) in [6.45, 7) is 7.31. The average Bonchev–Trinajstić information content (AvgIpc) is 3.22. The van der Waals surface area contributed by atoms with Crippen LogP contribution in [0.25, 0.3) is 0 Å². The molecule has 2 aliphatic rings. The summed E-state index contributed by atoms with van der Waals surface area (Å²) in [7, 11) is 0.